The maximum Gasteiger partial charge on any atom is 0.320 e. The number of carbonyl (C=O) groups is 1. The van der Waals surface area contributed by atoms with Crippen molar-refractivity contribution < 1.29 is 17.9 Å². The molecule has 11 heteroatoms. The van der Waals surface area contributed by atoms with Crippen LogP contribution in [0.5, 0.6) is 5.88 Å². The lowest BCUT2D eigenvalue weighted by Gasteiger charge is -2.42. The van der Waals surface area contributed by atoms with Crippen LogP contribution in [0.3, 0.4) is 0 Å². The van der Waals surface area contributed by atoms with Crippen molar-refractivity contribution in [1.82, 2.24) is 19.1 Å². The Labute approximate surface area is 216 Å². The van der Waals surface area contributed by atoms with Crippen LogP contribution in [0, 0.1) is 5.92 Å². The first kappa shape index (κ1) is 26.0. The van der Waals surface area contributed by atoms with Crippen LogP contribution in [-0.2, 0) is 10.0 Å². The molecule has 2 amide bonds. The highest BCUT2D eigenvalue weighted by Crippen LogP contribution is 2.36. The summed E-state index contributed by atoms with van der Waals surface area (Å²) in [6, 6.07) is 11.3. The molecule has 4 rings (SSSR count). The van der Waals surface area contributed by atoms with Gasteiger partial charge in [-0.1, -0.05) is 35.3 Å². The van der Waals surface area contributed by atoms with E-state index in [1.54, 1.807) is 23.2 Å². The number of carbonyl (C=O) groups excluding carboxylic acids is 1. The van der Waals surface area contributed by atoms with Crippen molar-refractivity contribution in [2.75, 3.05) is 52.1 Å². The topological polar surface area (TPSA) is 83.1 Å². The van der Waals surface area contributed by atoms with Gasteiger partial charge in [0.25, 0.3) is 0 Å². The van der Waals surface area contributed by atoms with Crippen molar-refractivity contribution in [2.45, 2.75) is 18.8 Å². The van der Waals surface area contributed by atoms with Gasteiger partial charge in [0.2, 0.25) is 15.9 Å². The zero-order chi connectivity index (χ0) is 25.0. The number of pyridine rings is 1. The lowest BCUT2D eigenvalue weighted by molar-refractivity contribution is 0.105. The van der Waals surface area contributed by atoms with Gasteiger partial charge in [0.1, 0.15) is 0 Å². The minimum absolute atomic E-state index is 0.0304. The molecule has 2 atom stereocenters. The molecule has 190 valence electrons. The number of sulfonamides is 1. The molecule has 0 aliphatic carbocycles. The summed E-state index contributed by atoms with van der Waals surface area (Å²) in [5.41, 5.74) is 1.14. The fourth-order valence-electron chi connectivity index (χ4n) is 4.78. The van der Waals surface area contributed by atoms with Crippen molar-refractivity contribution in [3.8, 4) is 5.88 Å². The number of rotatable bonds is 6. The molecular weight excluding hydrogens is 511 g/mol. The Balaban J connectivity index is 1.40. The Morgan fingerprint density at radius 3 is 2.31 bits per heavy atom. The molecule has 0 saturated carbocycles. The fourth-order valence-corrected chi connectivity index (χ4v) is 5.85. The number of aromatic nitrogens is 1. The lowest BCUT2D eigenvalue weighted by Crippen LogP contribution is -2.55. The monoisotopic (exact) mass is 540 g/mol. The maximum absolute atomic E-state index is 13.3. The zero-order valence-electron chi connectivity index (χ0n) is 19.6. The van der Waals surface area contributed by atoms with Crippen LogP contribution in [0.1, 0.15) is 24.3 Å². The van der Waals surface area contributed by atoms with E-state index in [4.69, 9.17) is 27.9 Å². The number of amides is 2. The molecule has 2 saturated heterocycles. The van der Waals surface area contributed by atoms with E-state index in [0.29, 0.717) is 67.7 Å². The highest BCUT2D eigenvalue weighted by Gasteiger charge is 2.35. The Morgan fingerprint density at radius 2 is 1.69 bits per heavy atom. The van der Waals surface area contributed by atoms with Crippen molar-refractivity contribution >= 4 is 39.3 Å². The SMILES string of the molecule is CS(=O)(=O)N1CCN(C(=O)N2CC[C@@H](CCOc3ccc(Cl)cn3)[C@@H](c3ccc(Cl)cc3)C2)CC1. The van der Waals surface area contributed by atoms with Gasteiger partial charge in [-0.05, 0) is 42.5 Å². The van der Waals surface area contributed by atoms with Crippen LogP contribution in [0.4, 0.5) is 4.79 Å². The Hall–Kier alpha value is -2.07. The van der Waals surface area contributed by atoms with Crippen molar-refractivity contribution in [3.05, 3.63) is 58.2 Å². The molecule has 0 spiro atoms. The standard InChI is InChI=1S/C24H30Cl2N4O4S/c1-35(32,33)30-13-11-28(12-14-30)24(31)29-10-8-19(9-15-34-23-7-6-21(26)16-27-23)22(17-29)18-2-4-20(25)5-3-18/h2-7,16,19,22H,8-15,17H2,1H3/t19-,22+/m0/s1. The Morgan fingerprint density at radius 1 is 1.00 bits per heavy atom. The number of hydrogen-bond donors (Lipinski definition) is 0. The van der Waals surface area contributed by atoms with Crippen molar-refractivity contribution in [2.24, 2.45) is 5.92 Å². The molecule has 0 bridgehead atoms. The molecule has 35 heavy (non-hydrogen) atoms. The number of hydrogen-bond acceptors (Lipinski definition) is 5. The van der Waals surface area contributed by atoms with Gasteiger partial charge in [-0.2, -0.15) is 4.31 Å². The molecular formula is C24H30Cl2N4O4S. The zero-order valence-corrected chi connectivity index (χ0v) is 22.0. The van der Waals surface area contributed by atoms with E-state index in [2.05, 4.69) is 4.98 Å². The second-order valence-electron chi connectivity index (χ2n) is 9.04. The summed E-state index contributed by atoms with van der Waals surface area (Å²) in [6.45, 7) is 3.23. The van der Waals surface area contributed by atoms with Gasteiger partial charge < -0.3 is 14.5 Å². The molecule has 1 aromatic heterocycles. The fraction of sp³-hybridized carbons (Fsp3) is 0.500. The van der Waals surface area contributed by atoms with Gasteiger partial charge in [0, 0.05) is 62.5 Å². The summed E-state index contributed by atoms with van der Waals surface area (Å²) in [6.07, 6.45) is 4.44. The first-order valence-corrected chi connectivity index (χ1v) is 14.3. The summed E-state index contributed by atoms with van der Waals surface area (Å²) < 4.78 is 30.9. The third-order valence-electron chi connectivity index (χ3n) is 6.74. The van der Waals surface area contributed by atoms with Gasteiger partial charge in [-0.25, -0.2) is 18.2 Å². The first-order chi connectivity index (χ1) is 16.7. The van der Waals surface area contributed by atoms with E-state index < -0.39 is 10.0 Å². The van der Waals surface area contributed by atoms with Crippen LogP contribution in [0.25, 0.3) is 0 Å². The molecule has 0 radical (unpaired) electrons. The van der Waals surface area contributed by atoms with E-state index >= 15 is 0 Å². The number of piperidine rings is 1. The number of benzene rings is 1. The van der Waals surface area contributed by atoms with Crippen molar-refractivity contribution in [3.63, 3.8) is 0 Å². The summed E-state index contributed by atoms with van der Waals surface area (Å²) in [7, 11) is -3.24. The smallest absolute Gasteiger partial charge is 0.320 e. The maximum atomic E-state index is 13.3. The predicted octanol–water partition coefficient (Wildman–Crippen LogP) is 3.96. The molecule has 2 fully saturated rings. The van der Waals surface area contributed by atoms with E-state index in [-0.39, 0.29) is 11.9 Å². The number of halogens is 2. The number of piperazine rings is 1. The van der Waals surface area contributed by atoms with Gasteiger partial charge >= 0.3 is 6.03 Å². The van der Waals surface area contributed by atoms with Crippen LogP contribution in [0.2, 0.25) is 10.0 Å². The van der Waals surface area contributed by atoms with E-state index in [1.807, 2.05) is 29.2 Å². The molecule has 2 aliphatic rings. The Kier molecular flexibility index (Phi) is 8.42. The average Bonchev–Trinajstić information content (AvgIpc) is 2.85. The van der Waals surface area contributed by atoms with Crippen LogP contribution < -0.4 is 4.74 Å². The second-order valence-corrected chi connectivity index (χ2v) is 11.9. The molecule has 8 nitrogen and oxygen atoms in total. The molecule has 0 N–H and O–H groups in total. The molecule has 3 heterocycles. The van der Waals surface area contributed by atoms with Gasteiger partial charge in [0.15, 0.2) is 0 Å². The minimum atomic E-state index is -3.24. The number of likely N-dealkylation sites (tertiary alicyclic amines) is 1. The molecule has 1 aromatic carbocycles. The summed E-state index contributed by atoms with van der Waals surface area (Å²) in [5.74, 6) is 1.01. The molecule has 0 unspecified atom stereocenters. The number of nitrogens with zero attached hydrogens (tertiary/aromatic N) is 4. The van der Waals surface area contributed by atoms with Gasteiger partial charge in [-0.15, -0.1) is 0 Å². The average molecular weight is 542 g/mol. The summed E-state index contributed by atoms with van der Waals surface area (Å²) in [4.78, 5) is 21.1. The first-order valence-electron chi connectivity index (χ1n) is 11.7. The quantitative estimate of drug-likeness (QED) is 0.553. The molecule has 2 aliphatic heterocycles. The van der Waals surface area contributed by atoms with Crippen LogP contribution in [-0.4, -0.2) is 85.7 Å². The van der Waals surface area contributed by atoms with E-state index in [9.17, 15) is 13.2 Å². The number of urea groups is 1. The summed E-state index contributed by atoms with van der Waals surface area (Å²) in [5, 5.41) is 1.24. The number of ether oxygens (including phenoxy) is 1. The highest BCUT2D eigenvalue weighted by molar-refractivity contribution is 7.88. The van der Waals surface area contributed by atoms with Crippen LogP contribution in [0.15, 0.2) is 42.6 Å². The predicted molar refractivity (Wildman–Crippen MR) is 137 cm³/mol. The lowest BCUT2D eigenvalue weighted by atomic mass is 9.79. The van der Waals surface area contributed by atoms with E-state index in [0.717, 1.165) is 18.4 Å². The third kappa shape index (κ3) is 6.78. The third-order valence-corrected chi connectivity index (χ3v) is 8.52. The van der Waals surface area contributed by atoms with Crippen LogP contribution >= 0.6 is 23.2 Å². The van der Waals surface area contributed by atoms with Gasteiger partial charge in [0.05, 0.1) is 17.9 Å². The normalized spacial score (nSPS) is 21.7. The minimum Gasteiger partial charge on any atom is -0.478 e. The summed E-state index contributed by atoms with van der Waals surface area (Å²) >= 11 is 12.0. The largest absolute Gasteiger partial charge is 0.478 e. The highest BCUT2D eigenvalue weighted by atomic mass is 35.5. The van der Waals surface area contributed by atoms with E-state index in [1.165, 1.54) is 10.6 Å². The molecule has 2 aromatic rings. The second kappa shape index (κ2) is 11.3. The van der Waals surface area contributed by atoms with Gasteiger partial charge in [-0.3, -0.25) is 0 Å². The van der Waals surface area contributed by atoms with Crippen molar-refractivity contribution in [1.29, 1.82) is 0 Å². The Bertz CT molecular complexity index is 1110.